The van der Waals surface area contributed by atoms with Crippen LogP contribution in [0.1, 0.15) is 16.2 Å². The van der Waals surface area contributed by atoms with Crippen LogP contribution < -0.4 is 10.6 Å². The number of nitro benzene ring substituents is 1. The lowest BCUT2D eigenvalue weighted by Crippen LogP contribution is -2.24. The van der Waals surface area contributed by atoms with E-state index in [4.69, 9.17) is 0 Å². The molecule has 160 valence electrons. The molecule has 0 saturated heterocycles. The molecule has 3 aromatic rings. The van der Waals surface area contributed by atoms with Crippen molar-refractivity contribution in [2.24, 2.45) is 7.05 Å². The minimum absolute atomic E-state index is 0.0465. The molecule has 0 aliphatic rings. The van der Waals surface area contributed by atoms with Crippen LogP contribution in [0.3, 0.4) is 0 Å². The maximum Gasteiger partial charge on any atom is 0.269 e. The van der Waals surface area contributed by atoms with Crippen LogP contribution in [0.25, 0.3) is 0 Å². The van der Waals surface area contributed by atoms with Crippen LogP contribution in [0.2, 0.25) is 0 Å². The number of halogens is 1. The Hall–Kier alpha value is -3.80. The van der Waals surface area contributed by atoms with Crippen molar-refractivity contribution in [1.29, 1.82) is 0 Å². The van der Waals surface area contributed by atoms with Gasteiger partial charge in [0.2, 0.25) is 5.91 Å². The molecule has 31 heavy (non-hydrogen) atoms. The van der Waals surface area contributed by atoms with E-state index in [0.717, 1.165) is 11.8 Å². The third-order valence-electron chi connectivity index (χ3n) is 4.13. The molecule has 10 nitrogen and oxygen atoms in total. The number of benzene rings is 2. The van der Waals surface area contributed by atoms with Gasteiger partial charge < -0.3 is 15.2 Å². The summed E-state index contributed by atoms with van der Waals surface area (Å²) in [5, 5.41) is 24.5. The second-order valence-corrected chi connectivity index (χ2v) is 7.23. The standard InChI is InChI=1S/C19H17FN6O4S/c1-25-16(10-21-18(28)12-2-4-13(20)5-3-12)23-24-19(25)31-11-17(27)22-14-6-8-15(9-7-14)26(29)30/h2-9H,10-11H2,1H3,(H,21,28)(H,22,27). The van der Waals surface area contributed by atoms with E-state index in [0.29, 0.717) is 22.2 Å². The highest BCUT2D eigenvalue weighted by Gasteiger charge is 2.14. The Bertz CT molecular complexity index is 1100. The molecule has 0 aliphatic carbocycles. The van der Waals surface area contributed by atoms with Crippen molar-refractivity contribution in [3.05, 3.63) is 75.9 Å². The summed E-state index contributed by atoms with van der Waals surface area (Å²) in [5.41, 5.74) is 0.699. The normalized spacial score (nSPS) is 10.5. The molecule has 0 aliphatic heterocycles. The molecule has 0 atom stereocenters. The van der Waals surface area contributed by atoms with E-state index < -0.39 is 10.7 Å². The van der Waals surface area contributed by atoms with E-state index in [1.807, 2.05) is 0 Å². The maximum atomic E-state index is 12.9. The topological polar surface area (TPSA) is 132 Å². The van der Waals surface area contributed by atoms with Gasteiger partial charge in [-0.05, 0) is 36.4 Å². The highest BCUT2D eigenvalue weighted by molar-refractivity contribution is 7.99. The number of rotatable bonds is 8. The first-order valence-electron chi connectivity index (χ1n) is 8.92. The van der Waals surface area contributed by atoms with Crippen molar-refractivity contribution < 1.29 is 18.9 Å². The van der Waals surface area contributed by atoms with E-state index in [2.05, 4.69) is 20.8 Å². The molecular weight excluding hydrogens is 427 g/mol. The van der Waals surface area contributed by atoms with Gasteiger partial charge in [0.25, 0.3) is 11.6 Å². The lowest BCUT2D eigenvalue weighted by atomic mass is 10.2. The number of amides is 2. The molecule has 0 saturated carbocycles. The molecular formula is C19H17FN6O4S. The number of nitrogens with zero attached hydrogens (tertiary/aromatic N) is 4. The highest BCUT2D eigenvalue weighted by Crippen LogP contribution is 2.18. The van der Waals surface area contributed by atoms with Crippen LogP contribution in [-0.2, 0) is 18.4 Å². The minimum Gasteiger partial charge on any atom is -0.345 e. The van der Waals surface area contributed by atoms with Gasteiger partial charge >= 0.3 is 0 Å². The molecule has 0 radical (unpaired) electrons. The predicted octanol–water partition coefficient (Wildman–Crippen LogP) is 2.52. The fourth-order valence-electron chi connectivity index (χ4n) is 2.48. The lowest BCUT2D eigenvalue weighted by molar-refractivity contribution is -0.384. The van der Waals surface area contributed by atoms with Gasteiger partial charge in [0, 0.05) is 30.4 Å². The Kier molecular flexibility index (Phi) is 6.92. The van der Waals surface area contributed by atoms with E-state index in [1.165, 1.54) is 48.5 Å². The summed E-state index contributed by atoms with van der Waals surface area (Å²) in [4.78, 5) is 34.4. The van der Waals surface area contributed by atoms with Crippen LogP contribution in [-0.4, -0.2) is 37.3 Å². The number of nitro groups is 1. The van der Waals surface area contributed by atoms with Crippen LogP contribution in [0.4, 0.5) is 15.8 Å². The minimum atomic E-state index is -0.519. The zero-order chi connectivity index (χ0) is 22.4. The number of aromatic nitrogens is 3. The number of hydrogen-bond acceptors (Lipinski definition) is 7. The fourth-order valence-corrected chi connectivity index (χ4v) is 3.21. The summed E-state index contributed by atoms with van der Waals surface area (Å²) in [6, 6.07) is 10.7. The summed E-state index contributed by atoms with van der Waals surface area (Å²) in [6.07, 6.45) is 0. The van der Waals surface area contributed by atoms with Crippen LogP contribution in [0, 0.1) is 15.9 Å². The van der Waals surface area contributed by atoms with Gasteiger partial charge in [0.1, 0.15) is 5.82 Å². The number of nitrogens with one attached hydrogen (secondary N) is 2. The highest BCUT2D eigenvalue weighted by atomic mass is 32.2. The fraction of sp³-hybridized carbons (Fsp3) is 0.158. The van der Waals surface area contributed by atoms with E-state index in [1.54, 1.807) is 11.6 Å². The molecule has 12 heteroatoms. The van der Waals surface area contributed by atoms with Crippen LogP contribution in [0.15, 0.2) is 53.7 Å². The summed E-state index contributed by atoms with van der Waals surface area (Å²) >= 11 is 1.15. The second-order valence-electron chi connectivity index (χ2n) is 6.29. The SMILES string of the molecule is Cn1c(CNC(=O)c2ccc(F)cc2)nnc1SCC(=O)Nc1ccc([N+](=O)[O-])cc1. The number of non-ortho nitro benzene ring substituents is 1. The number of thioether (sulfide) groups is 1. The zero-order valence-electron chi connectivity index (χ0n) is 16.2. The number of carbonyl (C=O) groups is 2. The third kappa shape index (κ3) is 5.85. The Morgan fingerprint density at radius 1 is 1.13 bits per heavy atom. The van der Waals surface area contributed by atoms with Gasteiger partial charge in [0.05, 0.1) is 17.2 Å². The predicted molar refractivity (Wildman–Crippen MR) is 111 cm³/mol. The number of hydrogen-bond donors (Lipinski definition) is 2. The van der Waals surface area contributed by atoms with Gasteiger partial charge in [-0.25, -0.2) is 4.39 Å². The molecule has 0 bridgehead atoms. The summed E-state index contributed by atoms with van der Waals surface area (Å²) < 4.78 is 14.6. The Balaban J connectivity index is 1.50. The van der Waals surface area contributed by atoms with Crippen molar-refractivity contribution in [2.45, 2.75) is 11.7 Å². The van der Waals surface area contributed by atoms with Gasteiger partial charge in [-0.15, -0.1) is 10.2 Å². The second kappa shape index (κ2) is 9.80. The molecule has 3 rings (SSSR count). The van der Waals surface area contributed by atoms with E-state index in [-0.39, 0.29) is 29.8 Å². The molecule has 2 amide bonds. The zero-order valence-corrected chi connectivity index (χ0v) is 17.1. The molecule has 0 fully saturated rings. The maximum absolute atomic E-state index is 12.9. The smallest absolute Gasteiger partial charge is 0.269 e. The first-order valence-corrected chi connectivity index (χ1v) is 9.91. The summed E-state index contributed by atoms with van der Waals surface area (Å²) in [5.74, 6) is -0.587. The van der Waals surface area contributed by atoms with Crippen LogP contribution >= 0.6 is 11.8 Å². The van der Waals surface area contributed by atoms with Crippen molar-refractivity contribution in [2.75, 3.05) is 11.1 Å². The first kappa shape index (κ1) is 21.9. The molecule has 0 unspecified atom stereocenters. The quantitative estimate of drug-likeness (QED) is 0.310. The summed E-state index contributed by atoms with van der Waals surface area (Å²) in [7, 11) is 1.70. The van der Waals surface area contributed by atoms with Gasteiger partial charge in [-0.2, -0.15) is 0 Å². The van der Waals surface area contributed by atoms with Crippen molar-refractivity contribution in [3.8, 4) is 0 Å². The Morgan fingerprint density at radius 2 is 1.81 bits per heavy atom. The monoisotopic (exact) mass is 444 g/mol. The van der Waals surface area contributed by atoms with Gasteiger partial charge in [0.15, 0.2) is 11.0 Å². The Labute approximate surface area is 180 Å². The first-order chi connectivity index (χ1) is 14.8. The van der Waals surface area contributed by atoms with Gasteiger partial charge in [-0.3, -0.25) is 19.7 Å². The molecule has 1 aromatic heterocycles. The molecule has 0 spiro atoms. The Morgan fingerprint density at radius 3 is 2.45 bits per heavy atom. The van der Waals surface area contributed by atoms with E-state index in [9.17, 15) is 24.1 Å². The van der Waals surface area contributed by atoms with Crippen LogP contribution in [0.5, 0.6) is 0 Å². The average molecular weight is 444 g/mol. The number of carbonyl (C=O) groups excluding carboxylic acids is 2. The lowest BCUT2D eigenvalue weighted by Gasteiger charge is -2.07. The average Bonchev–Trinajstić information content (AvgIpc) is 3.11. The summed E-state index contributed by atoms with van der Waals surface area (Å²) in [6.45, 7) is 0.106. The van der Waals surface area contributed by atoms with Crippen molar-refractivity contribution in [3.63, 3.8) is 0 Å². The van der Waals surface area contributed by atoms with Crippen molar-refractivity contribution in [1.82, 2.24) is 20.1 Å². The largest absolute Gasteiger partial charge is 0.345 e. The van der Waals surface area contributed by atoms with Gasteiger partial charge in [-0.1, -0.05) is 11.8 Å². The molecule has 2 N–H and O–H groups in total. The van der Waals surface area contributed by atoms with E-state index >= 15 is 0 Å². The van der Waals surface area contributed by atoms with Crippen molar-refractivity contribution >= 4 is 35.0 Å². The molecule has 2 aromatic carbocycles. The molecule has 1 heterocycles. The number of anilines is 1. The third-order valence-corrected chi connectivity index (χ3v) is 5.15.